The van der Waals surface area contributed by atoms with Crippen molar-refractivity contribution < 1.29 is 4.74 Å². The van der Waals surface area contributed by atoms with Crippen molar-refractivity contribution in [3.05, 3.63) is 28.1 Å². The van der Waals surface area contributed by atoms with Crippen LogP contribution in [0.2, 0.25) is 0 Å². The second-order valence-corrected chi connectivity index (χ2v) is 5.26. The summed E-state index contributed by atoms with van der Waals surface area (Å²) in [7, 11) is 3.84. The molecule has 8 heteroatoms. The molecule has 8 nitrogen and oxygen atoms in total. The van der Waals surface area contributed by atoms with Crippen molar-refractivity contribution in [2.24, 2.45) is 4.99 Å². The molecule has 114 valence electrons. The van der Waals surface area contributed by atoms with E-state index in [-0.39, 0.29) is 11.6 Å². The van der Waals surface area contributed by atoms with Crippen LogP contribution in [0.15, 0.2) is 17.1 Å². The highest BCUT2D eigenvalue weighted by Gasteiger charge is 2.22. The Balaban J connectivity index is 1.88. The lowest BCUT2D eigenvalue weighted by atomic mass is 10.1. The fourth-order valence-corrected chi connectivity index (χ4v) is 2.29. The third-order valence-electron chi connectivity index (χ3n) is 3.43. The summed E-state index contributed by atoms with van der Waals surface area (Å²) in [6.07, 6.45) is 0.746. The minimum absolute atomic E-state index is 0.0122. The fraction of sp³-hybridized carbons (Fsp3) is 0.462. The topological polar surface area (TPSA) is 89.5 Å². The van der Waals surface area contributed by atoms with E-state index in [1.807, 2.05) is 19.0 Å². The molecule has 0 unspecified atom stereocenters. The number of benzene rings is 1. The zero-order chi connectivity index (χ0) is 15.0. The van der Waals surface area contributed by atoms with Crippen LogP contribution >= 0.6 is 0 Å². The molecule has 0 bridgehead atoms. The van der Waals surface area contributed by atoms with E-state index in [2.05, 4.69) is 10.4 Å². The molecule has 0 saturated heterocycles. The number of rotatable bonds is 3. The van der Waals surface area contributed by atoms with E-state index < -0.39 is 0 Å². The molecule has 0 aromatic heterocycles. The summed E-state index contributed by atoms with van der Waals surface area (Å²) in [5, 5.41) is 25.6. The molecular weight excluding hydrogens is 274 g/mol. The third-order valence-corrected chi connectivity index (χ3v) is 3.43. The van der Waals surface area contributed by atoms with Crippen molar-refractivity contribution in [1.29, 1.82) is 0 Å². The molecule has 0 saturated carbocycles. The molecule has 2 aliphatic heterocycles. The zero-order valence-corrected chi connectivity index (χ0v) is 12.0. The van der Waals surface area contributed by atoms with Crippen LogP contribution in [0.1, 0.15) is 5.56 Å². The van der Waals surface area contributed by atoms with Gasteiger partial charge in [-0.15, -0.1) is 0 Å². The van der Waals surface area contributed by atoms with Crippen LogP contribution in [0.25, 0.3) is 0 Å². The number of fused-ring (bicyclic) bond motifs is 2. The first-order valence-electron chi connectivity index (χ1n) is 6.76. The molecule has 0 amide bonds. The smallest absolute Gasteiger partial charge is 0.206 e. The predicted octanol–water partition coefficient (Wildman–Crippen LogP) is 0.666. The van der Waals surface area contributed by atoms with Crippen molar-refractivity contribution in [3.8, 4) is 5.75 Å². The van der Waals surface area contributed by atoms with Gasteiger partial charge in [0.2, 0.25) is 5.96 Å². The summed E-state index contributed by atoms with van der Waals surface area (Å²) < 4.78 is 5.42. The van der Waals surface area contributed by atoms with E-state index in [4.69, 9.17) is 4.74 Å². The second kappa shape index (κ2) is 5.40. The Morgan fingerprint density at radius 3 is 2.90 bits per heavy atom. The minimum atomic E-state index is 0.0122. The van der Waals surface area contributed by atoms with Crippen LogP contribution in [0.3, 0.4) is 0 Å². The fourth-order valence-electron chi connectivity index (χ4n) is 2.29. The molecule has 1 aromatic carbocycles. The number of hydroxylamine groups is 1. The van der Waals surface area contributed by atoms with Gasteiger partial charge in [0.15, 0.2) is 0 Å². The SMILES string of the molecule is CN(C)CCN=C1NN([O-])c2cc3c(cc2N1[O-])CCO3. The first-order chi connectivity index (χ1) is 10.1. The molecular formula is C13H17N5O3-2. The maximum atomic E-state index is 12.3. The van der Waals surface area contributed by atoms with Gasteiger partial charge in [-0.2, -0.15) is 0 Å². The normalized spacial score (nSPS) is 18.6. The van der Waals surface area contributed by atoms with E-state index in [0.29, 0.717) is 41.4 Å². The Kier molecular flexibility index (Phi) is 3.58. The van der Waals surface area contributed by atoms with Gasteiger partial charge < -0.3 is 30.3 Å². The van der Waals surface area contributed by atoms with Gasteiger partial charge in [0.25, 0.3) is 0 Å². The second-order valence-electron chi connectivity index (χ2n) is 5.26. The Morgan fingerprint density at radius 1 is 1.33 bits per heavy atom. The van der Waals surface area contributed by atoms with Crippen LogP contribution in [-0.2, 0) is 6.42 Å². The maximum Gasteiger partial charge on any atom is 0.206 e. The largest absolute Gasteiger partial charge is 0.752 e. The predicted molar refractivity (Wildman–Crippen MR) is 81.3 cm³/mol. The quantitative estimate of drug-likeness (QED) is 0.875. The minimum Gasteiger partial charge on any atom is -0.752 e. The van der Waals surface area contributed by atoms with Gasteiger partial charge in [-0.3, -0.25) is 10.4 Å². The van der Waals surface area contributed by atoms with Gasteiger partial charge >= 0.3 is 0 Å². The summed E-state index contributed by atoms with van der Waals surface area (Å²) in [6, 6.07) is 3.30. The number of aliphatic imine (C=N–C) groups is 1. The highest BCUT2D eigenvalue weighted by atomic mass is 16.6. The highest BCUT2D eigenvalue weighted by molar-refractivity contribution is 6.04. The van der Waals surface area contributed by atoms with Crippen molar-refractivity contribution in [2.75, 3.05) is 44.0 Å². The molecule has 0 radical (unpaired) electrons. The lowest BCUT2D eigenvalue weighted by molar-refractivity contribution is 0.357. The van der Waals surface area contributed by atoms with Crippen LogP contribution in [0.4, 0.5) is 11.4 Å². The summed E-state index contributed by atoms with van der Waals surface area (Å²) in [5.74, 6) is 0.677. The zero-order valence-electron chi connectivity index (χ0n) is 12.0. The van der Waals surface area contributed by atoms with Gasteiger partial charge in [-0.25, -0.2) is 0 Å². The highest BCUT2D eigenvalue weighted by Crippen LogP contribution is 2.39. The van der Waals surface area contributed by atoms with Gasteiger partial charge in [0, 0.05) is 19.0 Å². The van der Waals surface area contributed by atoms with Crippen molar-refractivity contribution in [2.45, 2.75) is 6.42 Å². The lowest BCUT2D eigenvalue weighted by Crippen LogP contribution is -2.50. The van der Waals surface area contributed by atoms with Crippen LogP contribution < -0.4 is 20.4 Å². The number of anilines is 2. The number of nitrogens with zero attached hydrogens (tertiary/aromatic N) is 4. The van der Waals surface area contributed by atoms with Gasteiger partial charge in [-0.1, -0.05) is 0 Å². The van der Waals surface area contributed by atoms with Gasteiger partial charge in [-0.05, 0) is 25.7 Å². The van der Waals surface area contributed by atoms with Crippen LogP contribution in [0.5, 0.6) is 5.75 Å². The molecule has 0 spiro atoms. The van der Waals surface area contributed by atoms with E-state index >= 15 is 0 Å². The standard InChI is InChI=1S/C13H17N5O3/c1-16(2)5-4-14-13-15-18(20)11-8-12-9(3-6-21-12)7-10(11)17(13)19/h7-8H,3-6H2,1-2H3,(H,14,15)/q-2. The average Bonchev–Trinajstić information content (AvgIpc) is 2.89. The van der Waals surface area contributed by atoms with E-state index in [9.17, 15) is 10.4 Å². The lowest BCUT2D eigenvalue weighted by Gasteiger charge is -2.46. The molecule has 1 aromatic rings. The molecule has 0 atom stereocenters. The Hall–Kier alpha value is -2.03. The maximum absolute atomic E-state index is 12.3. The number of guanidine groups is 1. The van der Waals surface area contributed by atoms with E-state index in [0.717, 1.165) is 12.0 Å². The molecule has 0 aliphatic carbocycles. The Morgan fingerprint density at radius 2 is 2.14 bits per heavy atom. The Bertz CT molecular complexity index is 575. The third kappa shape index (κ3) is 2.60. The number of likely N-dealkylation sites (N-methyl/N-ethyl adjacent to an activating group) is 1. The number of hydrogen-bond donors (Lipinski definition) is 1. The molecule has 3 rings (SSSR count). The first kappa shape index (κ1) is 13.9. The van der Waals surface area contributed by atoms with Crippen molar-refractivity contribution in [3.63, 3.8) is 0 Å². The summed E-state index contributed by atoms with van der Waals surface area (Å²) in [6.45, 7) is 1.71. The Labute approximate surface area is 122 Å². The monoisotopic (exact) mass is 291 g/mol. The van der Waals surface area contributed by atoms with E-state index in [1.165, 1.54) is 0 Å². The summed E-state index contributed by atoms with van der Waals surface area (Å²) >= 11 is 0. The van der Waals surface area contributed by atoms with Crippen LogP contribution in [-0.4, -0.2) is 44.7 Å². The number of ether oxygens (including phenoxy) is 1. The van der Waals surface area contributed by atoms with Crippen LogP contribution in [0, 0.1) is 10.4 Å². The van der Waals surface area contributed by atoms with Gasteiger partial charge in [0.05, 0.1) is 24.5 Å². The molecule has 0 fully saturated rings. The molecule has 21 heavy (non-hydrogen) atoms. The molecule has 2 aliphatic rings. The van der Waals surface area contributed by atoms with Gasteiger partial charge in [0.1, 0.15) is 5.75 Å². The average molecular weight is 291 g/mol. The van der Waals surface area contributed by atoms with E-state index in [1.54, 1.807) is 12.1 Å². The number of hydrazine groups is 1. The van der Waals surface area contributed by atoms with Crippen molar-refractivity contribution >= 4 is 17.3 Å². The first-order valence-corrected chi connectivity index (χ1v) is 6.76. The molecule has 1 N–H and O–H groups in total. The molecule has 2 heterocycles. The number of nitrogens with one attached hydrogen (secondary N) is 1. The summed E-state index contributed by atoms with van der Waals surface area (Å²) in [4.78, 5) is 6.11. The number of hydrogen-bond acceptors (Lipinski definition) is 6. The van der Waals surface area contributed by atoms with Crippen molar-refractivity contribution in [1.82, 2.24) is 10.3 Å². The summed E-state index contributed by atoms with van der Waals surface area (Å²) in [5.41, 5.74) is 3.95.